The van der Waals surface area contributed by atoms with Crippen molar-refractivity contribution >= 4 is 17.0 Å². The fourth-order valence-electron chi connectivity index (χ4n) is 4.88. The second kappa shape index (κ2) is 8.90. The van der Waals surface area contributed by atoms with E-state index in [1.807, 2.05) is 26.2 Å². The summed E-state index contributed by atoms with van der Waals surface area (Å²) in [4.78, 5) is 4.47. The maximum atomic E-state index is 12.8. The molecule has 0 radical (unpaired) electrons. The third kappa shape index (κ3) is 4.34. The number of aromatic nitrogens is 2. The molecule has 0 aliphatic carbocycles. The molecule has 0 spiro atoms. The predicted octanol–water partition coefficient (Wildman–Crippen LogP) is 4.16. The van der Waals surface area contributed by atoms with Gasteiger partial charge < -0.3 is 24.6 Å². The minimum absolute atomic E-state index is 0.263. The van der Waals surface area contributed by atoms with Gasteiger partial charge in [-0.05, 0) is 56.6 Å². The highest BCUT2D eigenvalue weighted by molar-refractivity contribution is 5.85. The van der Waals surface area contributed by atoms with Crippen molar-refractivity contribution in [3.63, 3.8) is 0 Å². The molecule has 0 saturated carbocycles. The summed E-state index contributed by atoms with van der Waals surface area (Å²) >= 11 is 0. The fraction of sp³-hybridized carbons (Fsp3) is 0.458. The standard InChI is InChI=1S/C24H28F3N5O2/c1-28-15-16-8-10-31(11-9-16)23-21-22(33-13-12-30(21)2)20-7-6-19(32(20)29-23)17-4-3-5-18(14-17)34-24(25,26)27/h3-7,14,16,28H,8-13,15H2,1-2H3. The molecule has 10 heteroatoms. The summed E-state index contributed by atoms with van der Waals surface area (Å²) < 4.78 is 50.3. The zero-order valence-electron chi connectivity index (χ0n) is 19.2. The summed E-state index contributed by atoms with van der Waals surface area (Å²) in [5.41, 5.74) is 3.00. The maximum Gasteiger partial charge on any atom is 0.573 e. The quantitative estimate of drug-likeness (QED) is 0.598. The first-order valence-corrected chi connectivity index (χ1v) is 11.5. The van der Waals surface area contributed by atoms with Crippen LogP contribution in [0.15, 0.2) is 36.4 Å². The van der Waals surface area contributed by atoms with Gasteiger partial charge in [-0.3, -0.25) is 0 Å². The molecule has 7 nitrogen and oxygen atoms in total. The molecule has 2 aliphatic rings. The Morgan fingerprint density at radius 1 is 1.15 bits per heavy atom. The molecular formula is C24H28F3N5O2. The van der Waals surface area contributed by atoms with Gasteiger partial charge in [0.15, 0.2) is 11.6 Å². The van der Waals surface area contributed by atoms with Gasteiger partial charge in [0.25, 0.3) is 0 Å². The number of benzene rings is 1. The van der Waals surface area contributed by atoms with Gasteiger partial charge in [0.2, 0.25) is 0 Å². The van der Waals surface area contributed by atoms with Gasteiger partial charge in [-0.2, -0.15) is 0 Å². The van der Waals surface area contributed by atoms with E-state index in [2.05, 4.69) is 19.9 Å². The summed E-state index contributed by atoms with van der Waals surface area (Å²) in [6, 6.07) is 9.73. The molecule has 5 rings (SSSR count). The minimum atomic E-state index is -4.75. The summed E-state index contributed by atoms with van der Waals surface area (Å²) in [6.45, 7) is 4.09. The van der Waals surface area contributed by atoms with Crippen molar-refractivity contribution in [3.8, 4) is 22.8 Å². The molecule has 182 valence electrons. The molecule has 0 atom stereocenters. The number of anilines is 2. The highest BCUT2D eigenvalue weighted by atomic mass is 19.4. The van der Waals surface area contributed by atoms with Crippen molar-refractivity contribution in [2.45, 2.75) is 19.2 Å². The molecule has 2 aromatic heterocycles. The van der Waals surface area contributed by atoms with E-state index in [4.69, 9.17) is 9.84 Å². The molecule has 0 amide bonds. The van der Waals surface area contributed by atoms with Crippen molar-refractivity contribution in [3.05, 3.63) is 36.4 Å². The van der Waals surface area contributed by atoms with Crippen LogP contribution in [0, 0.1) is 5.92 Å². The molecule has 2 aliphatic heterocycles. The maximum absolute atomic E-state index is 12.8. The second-order valence-corrected chi connectivity index (χ2v) is 8.85. The first-order valence-electron chi connectivity index (χ1n) is 11.5. The highest BCUT2D eigenvalue weighted by Gasteiger charge is 2.32. The van der Waals surface area contributed by atoms with Gasteiger partial charge in [0.1, 0.15) is 23.6 Å². The lowest BCUT2D eigenvalue weighted by molar-refractivity contribution is -0.274. The van der Waals surface area contributed by atoms with Gasteiger partial charge in [0.05, 0.1) is 12.2 Å². The van der Waals surface area contributed by atoms with Crippen LogP contribution in [0.5, 0.6) is 11.5 Å². The van der Waals surface area contributed by atoms with Crippen LogP contribution in [-0.4, -0.2) is 62.9 Å². The second-order valence-electron chi connectivity index (χ2n) is 8.85. The average Bonchev–Trinajstić information content (AvgIpc) is 3.23. The molecule has 3 aromatic rings. The Bertz CT molecular complexity index is 1170. The minimum Gasteiger partial charge on any atom is -0.487 e. The number of nitrogens with one attached hydrogen (secondary N) is 1. The van der Waals surface area contributed by atoms with Crippen LogP contribution in [0.1, 0.15) is 12.8 Å². The van der Waals surface area contributed by atoms with Crippen molar-refractivity contribution in [2.24, 2.45) is 5.92 Å². The van der Waals surface area contributed by atoms with Gasteiger partial charge >= 0.3 is 6.36 Å². The summed E-state index contributed by atoms with van der Waals surface area (Å²) in [5.74, 6) is 1.96. The molecule has 0 unspecified atom stereocenters. The summed E-state index contributed by atoms with van der Waals surface area (Å²) in [5, 5.41) is 8.28. The fourth-order valence-corrected chi connectivity index (χ4v) is 4.88. The number of alkyl halides is 3. The molecule has 1 N–H and O–H groups in total. The van der Waals surface area contributed by atoms with Crippen molar-refractivity contribution in [2.75, 3.05) is 56.7 Å². The predicted molar refractivity (Wildman–Crippen MR) is 125 cm³/mol. The molecule has 1 saturated heterocycles. The van der Waals surface area contributed by atoms with Crippen LogP contribution < -0.4 is 24.6 Å². The van der Waals surface area contributed by atoms with Crippen molar-refractivity contribution < 1.29 is 22.6 Å². The normalized spacial score (nSPS) is 17.1. The lowest BCUT2D eigenvalue weighted by Crippen LogP contribution is -2.39. The first-order chi connectivity index (χ1) is 16.3. The van der Waals surface area contributed by atoms with E-state index in [9.17, 15) is 13.2 Å². The Kier molecular flexibility index (Phi) is 5.93. The molecule has 0 bridgehead atoms. The van der Waals surface area contributed by atoms with Crippen LogP contribution in [0.3, 0.4) is 0 Å². The van der Waals surface area contributed by atoms with E-state index < -0.39 is 6.36 Å². The lowest BCUT2D eigenvalue weighted by Gasteiger charge is -2.37. The Labute approximate surface area is 196 Å². The van der Waals surface area contributed by atoms with Gasteiger partial charge in [0, 0.05) is 25.7 Å². The Balaban J connectivity index is 1.58. The number of nitrogens with zero attached hydrogens (tertiary/aromatic N) is 4. The number of hydrogen-bond acceptors (Lipinski definition) is 6. The smallest absolute Gasteiger partial charge is 0.487 e. The van der Waals surface area contributed by atoms with E-state index in [1.54, 1.807) is 16.6 Å². The molecular weight excluding hydrogens is 447 g/mol. The average molecular weight is 476 g/mol. The topological polar surface area (TPSA) is 54.3 Å². The van der Waals surface area contributed by atoms with E-state index in [0.717, 1.165) is 61.8 Å². The molecule has 1 aromatic carbocycles. The van der Waals surface area contributed by atoms with Gasteiger partial charge in [-0.25, -0.2) is 4.52 Å². The largest absolute Gasteiger partial charge is 0.573 e. The molecule has 1 fully saturated rings. The summed E-state index contributed by atoms with van der Waals surface area (Å²) in [6.07, 6.45) is -2.62. The Morgan fingerprint density at radius 2 is 1.94 bits per heavy atom. The Morgan fingerprint density at radius 3 is 2.68 bits per heavy atom. The van der Waals surface area contributed by atoms with E-state index >= 15 is 0 Å². The third-order valence-corrected chi connectivity index (χ3v) is 6.53. The molecule has 4 heterocycles. The van der Waals surface area contributed by atoms with E-state index in [0.29, 0.717) is 23.8 Å². The highest BCUT2D eigenvalue weighted by Crippen LogP contribution is 2.44. The van der Waals surface area contributed by atoms with Crippen LogP contribution in [0.2, 0.25) is 0 Å². The molecule has 34 heavy (non-hydrogen) atoms. The van der Waals surface area contributed by atoms with Gasteiger partial charge in [-0.15, -0.1) is 18.3 Å². The SMILES string of the molecule is CNCC1CCN(c2nn3c(-c4cccc(OC(F)(F)F)c4)ccc3c3c2N(C)CCO3)CC1. The number of rotatable bonds is 5. The monoisotopic (exact) mass is 475 g/mol. The number of halogens is 3. The van der Waals surface area contributed by atoms with Crippen LogP contribution >= 0.6 is 0 Å². The zero-order chi connectivity index (χ0) is 23.9. The van der Waals surface area contributed by atoms with E-state index in [1.165, 1.54) is 12.1 Å². The van der Waals surface area contributed by atoms with Crippen LogP contribution in [0.4, 0.5) is 24.7 Å². The summed E-state index contributed by atoms with van der Waals surface area (Å²) in [7, 11) is 4.02. The number of likely N-dealkylation sites (N-methyl/N-ethyl adjacent to an activating group) is 1. The third-order valence-electron chi connectivity index (χ3n) is 6.53. The first kappa shape index (κ1) is 22.6. The lowest BCUT2D eigenvalue weighted by atomic mass is 9.97. The van der Waals surface area contributed by atoms with E-state index in [-0.39, 0.29) is 5.75 Å². The van der Waals surface area contributed by atoms with Crippen LogP contribution in [-0.2, 0) is 0 Å². The number of ether oxygens (including phenoxy) is 2. The van der Waals surface area contributed by atoms with Crippen molar-refractivity contribution in [1.82, 2.24) is 14.9 Å². The van der Waals surface area contributed by atoms with Crippen LogP contribution in [0.25, 0.3) is 16.8 Å². The number of fused-ring (bicyclic) bond motifs is 3. The zero-order valence-corrected chi connectivity index (χ0v) is 19.2. The number of piperidine rings is 1. The Hall–Kier alpha value is -3.14. The number of hydrogen-bond donors (Lipinski definition) is 1. The van der Waals surface area contributed by atoms with Gasteiger partial charge in [-0.1, -0.05) is 12.1 Å². The van der Waals surface area contributed by atoms with Crippen molar-refractivity contribution in [1.29, 1.82) is 0 Å².